The molecule has 0 spiro atoms. The summed E-state index contributed by atoms with van der Waals surface area (Å²) in [4.78, 5) is 12.4. The highest BCUT2D eigenvalue weighted by Crippen LogP contribution is 2.29. The first kappa shape index (κ1) is 15.7. The molecule has 0 radical (unpaired) electrons. The number of nitrogens with zero attached hydrogens (tertiary/aromatic N) is 1. The summed E-state index contributed by atoms with van der Waals surface area (Å²) in [5.41, 5.74) is 8.17. The Morgan fingerprint density at radius 1 is 1.29 bits per heavy atom. The Balaban J connectivity index is 2.28. The van der Waals surface area contributed by atoms with E-state index >= 15 is 0 Å². The molecule has 1 aromatic heterocycles. The molecule has 0 saturated heterocycles. The minimum atomic E-state index is -0.262. The number of amides is 1. The number of aromatic nitrogens is 1. The van der Waals surface area contributed by atoms with Crippen molar-refractivity contribution in [1.82, 2.24) is 4.57 Å². The zero-order valence-electron chi connectivity index (χ0n) is 11.9. The minimum Gasteiger partial charge on any atom is -0.397 e. The molecule has 21 heavy (non-hydrogen) atoms. The van der Waals surface area contributed by atoms with Crippen molar-refractivity contribution in [3.63, 3.8) is 0 Å². The number of hydrogen-bond donors (Lipinski definition) is 2. The number of benzene rings is 1. The molecule has 0 fully saturated rings. The van der Waals surface area contributed by atoms with Crippen LogP contribution in [0.4, 0.5) is 11.4 Å². The van der Waals surface area contributed by atoms with Gasteiger partial charge >= 0.3 is 0 Å². The van der Waals surface area contributed by atoms with E-state index in [9.17, 15) is 4.79 Å². The van der Waals surface area contributed by atoms with Crippen LogP contribution in [0.25, 0.3) is 0 Å². The third-order valence-corrected chi connectivity index (χ3v) is 3.83. The molecule has 0 aliphatic carbocycles. The first-order valence-corrected chi connectivity index (χ1v) is 7.40. The van der Waals surface area contributed by atoms with Gasteiger partial charge in [0.25, 0.3) is 5.91 Å². The molecule has 112 valence electrons. The molecular weight excluding hydrogens is 309 g/mol. The topological polar surface area (TPSA) is 60.0 Å². The van der Waals surface area contributed by atoms with E-state index in [1.54, 1.807) is 24.4 Å². The number of nitrogen functional groups attached to an aromatic ring is 1. The lowest BCUT2D eigenvalue weighted by molar-refractivity contribution is 0.101. The number of anilines is 2. The zero-order chi connectivity index (χ0) is 15.6. The van der Waals surface area contributed by atoms with E-state index in [4.69, 9.17) is 28.9 Å². The molecule has 2 aromatic rings. The molecule has 1 aromatic carbocycles. The Kier molecular flexibility index (Phi) is 4.80. The highest BCUT2D eigenvalue weighted by atomic mass is 35.5. The van der Waals surface area contributed by atoms with Gasteiger partial charge in [-0.25, -0.2) is 0 Å². The highest BCUT2D eigenvalue weighted by molar-refractivity contribution is 6.36. The normalized spacial score (nSPS) is 10.7. The minimum absolute atomic E-state index is 0.262. The number of halogens is 2. The summed E-state index contributed by atoms with van der Waals surface area (Å²) < 4.78 is 1.83. The van der Waals surface area contributed by atoms with Crippen molar-refractivity contribution >= 4 is 40.5 Å². The van der Waals surface area contributed by atoms with Crippen molar-refractivity contribution in [1.29, 1.82) is 0 Å². The molecule has 1 heterocycles. The number of nitrogens with one attached hydrogen (secondary N) is 1. The number of carbonyl (C=O) groups is 1. The van der Waals surface area contributed by atoms with Gasteiger partial charge in [0.2, 0.25) is 0 Å². The summed E-state index contributed by atoms with van der Waals surface area (Å²) in [5, 5.41) is 3.78. The second kappa shape index (κ2) is 6.41. The van der Waals surface area contributed by atoms with Crippen LogP contribution < -0.4 is 11.1 Å². The molecule has 0 atom stereocenters. The quantitative estimate of drug-likeness (QED) is 0.877. The van der Waals surface area contributed by atoms with Crippen LogP contribution in [-0.2, 0) is 6.54 Å². The monoisotopic (exact) mass is 325 g/mol. The lowest BCUT2D eigenvalue weighted by Gasteiger charge is -2.11. The number of rotatable bonds is 4. The van der Waals surface area contributed by atoms with Crippen LogP contribution in [0.3, 0.4) is 0 Å². The van der Waals surface area contributed by atoms with Crippen molar-refractivity contribution in [2.75, 3.05) is 11.1 Å². The standard InChI is InChI=1S/C15H17Cl2N3O/c1-3-4-20-8-10(18)6-14(20)15(21)19-13-7-11(16)9(2)5-12(13)17/h5-8H,3-4,18H2,1-2H3,(H,19,21). The van der Waals surface area contributed by atoms with Gasteiger partial charge in [-0.15, -0.1) is 0 Å². The lowest BCUT2D eigenvalue weighted by atomic mass is 10.2. The summed E-state index contributed by atoms with van der Waals surface area (Å²) >= 11 is 12.2. The average molecular weight is 326 g/mol. The maximum Gasteiger partial charge on any atom is 0.272 e. The molecule has 0 bridgehead atoms. The second-order valence-electron chi connectivity index (χ2n) is 4.89. The van der Waals surface area contributed by atoms with Gasteiger partial charge in [-0.2, -0.15) is 0 Å². The fourth-order valence-electron chi connectivity index (χ4n) is 2.08. The van der Waals surface area contributed by atoms with Gasteiger partial charge in [0.05, 0.1) is 16.4 Å². The second-order valence-corrected chi connectivity index (χ2v) is 5.70. The van der Waals surface area contributed by atoms with Crippen LogP contribution in [-0.4, -0.2) is 10.5 Å². The lowest BCUT2D eigenvalue weighted by Crippen LogP contribution is -2.17. The molecule has 4 nitrogen and oxygen atoms in total. The third kappa shape index (κ3) is 3.52. The molecule has 3 N–H and O–H groups in total. The summed E-state index contributed by atoms with van der Waals surface area (Å²) in [6, 6.07) is 5.02. The van der Waals surface area contributed by atoms with Crippen LogP contribution in [0.5, 0.6) is 0 Å². The van der Waals surface area contributed by atoms with E-state index < -0.39 is 0 Å². The van der Waals surface area contributed by atoms with Crippen LogP contribution in [0, 0.1) is 6.92 Å². The Labute approximate surface area is 133 Å². The van der Waals surface area contributed by atoms with Gasteiger partial charge < -0.3 is 15.6 Å². The number of nitrogens with two attached hydrogens (primary N) is 1. The molecule has 0 saturated carbocycles. The number of aryl methyl sites for hydroxylation is 2. The van der Waals surface area contributed by atoms with Gasteiger partial charge in [-0.3, -0.25) is 4.79 Å². The van der Waals surface area contributed by atoms with Crippen molar-refractivity contribution in [3.8, 4) is 0 Å². The Morgan fingerprint density at radius 3 is 2.67 bits per heavy atom. The maximum absolute atomic E-state index is 12.4. The first-order chi connectivity index (χ1) is 9.92. The molecule has 0 aliphatic rings. The van der Waals surface area contributed by atoms with E-state index in [-0.39, 0.29) is 5.91 Å². The summed E-state index contributed by atoms with van der Waals surface area (Å²) in [6.07, 6.45) is 2.66. The van der Waals surface area contributed by atoms with Crippen LogP contribution in [0.15, 0.2) is 24.4 Å². The average Bonchev–Trinajstić information content (AvgIpc) is 2.77. The molecule has 0 aliphatic heterocycles. The number of carbonyl (C=O) groups excluding carboxylic acids is 1. The fourth-order valence-corrected chi connectivity index (χ4v) is 2.51. The first-order valence-electron chi connectivity index (χ1n) is 6.65. The van der Waals surface area contributed by atoms with Crippen molar-refractivity contribution in [3.05, 3.63) is 45.7 Å². The molecule has 6 heteroatoms. The van der Waals surface area contributed by atoms with Gasteiger partial charge in [0.15, 0.2) is 0 Å². The Bertz CT molecular complexity index is 680. The SMILES string of the molecule is CCCn1cc(N)cc1C(=O)Nc1cc(Cl)c(C)cc1Cl. The third-order valence-electron chi connectivity index (χ3n) is 3.11. The van der Waals surface area contributed by atoms with Crippen LogP contribution in [0.2, 0.25) is 10.0 Å². The molecule has 0 unspecified atom stereocenters. The van der Waals surface area contributed by atoms with Crippen LogP contribution >= 0.6 is 23.2 Å². The summed E-state index contributed by atoms with van der Waals surface area (Å²) in [6.45, 7) is 4.61. The van der Waals surface area contributed by atoms with Gasteiger partial charge in [-0.1, -0.05) is 30.1 Å². The van der Waals surface area contributed by atoms with E-state index in [1.807, 2.05) is 18.4 Å². The zero-order valence-corrected chi connectivity index (χ0v) is 13.4. The summed E-state index contributed by atoms with van der Waals surface area (Å²) in [5.74, 6) is -0.262. The maximum atomic E-state index is 12.4. The van der Waals surface area contributed by atoms with Crippen LogP contribution in [0.1, 0.15) is 29.4 Å². The van der Waals surface area contributed by atoms with E-state index in [0.29, 0.717) is 27.1 Å². The van der Waals surface area contributed by atoms with Gasteiger partial charge in [0.1, 0.15) is 5.69 Å². The van der Waals surface area contributed by atoms with E-state index in [1.165, 1.54) is 0 Å². The molecular formula is C15H17Cl2N3O. The predicted molar refractivity (Wildman–Crippen MR) is 88.3 cm³/mol. The molecule has 2 rings (SSSR count). The van der Waals surface area contributed by atoms with E-state index in [2.05, 4.69) is 5.32 Å². The smallest absolute Gasteiger partial charge is 0.272 e. The predicted octanol–water partition coefficient (Wildman–Crippen LogP) is 4.35. The van der Waals surface area contributed by atoms with Crippen molar-refractivity contribution < 1.29 is 4.79 Å². The fraction of sp³-hybridized carbons (Fsp3) is 0.267. The Morgan fingerprint density at radius 2 is 2.00 bits per heavy atom. The van der Waals surface area contributed by atoms with Crippen molar-refractivity contribution in [2.45, 2.75) is 26.8 Å². The van der Waals surface area contributed by atoms with Gasteiger partial charge in [-0.05, 0) is 37.1 Å². The Hall–Kier alpha value is -1.65. The largest absolute Gasteiger partial charge is 0.397 e. The van der Waals surface area contributed by atoms with Crippen molar-refractivity contribution in [2.24, 2.45) is 0 Å². The van der Waals surface area contributed by atoms with Gasteiger partial charge in [0, 0.05) is 17.8 Å². The number of hydrogen-bond acceptors (Lipinski definition) is 2. The highest BCUT2D eigenvalue weighted by Gasteiger charge is 2.15. The summed E-state index contributed by atoms with van der Waals surface area (Å²) in [7, 11) is 0. The molecule has 1 amide bonds. The van der Waals surface area contributed by atoms with E-state index in [0.717, 1.165) is 18.5 Å².